The van der Waals surface area contributed by atoms with E-state index >= 15 is 0 Å². The molecule has 62 valence electrons. The van der Waals surface area contributed by atoms with Crippen molar-refractivity contribution in [3.8, 4) is 0 Å². The van der Waals surface area contributed by atoms with Crippen molar-refractivity contribution < 1.29 is 9.90 Å². The number of hydrogen-bond donors (Lipinski definition) is 1. The molecule has 2 rings (SSSR count). The summed E-state index contributed by atoms with van der Waals surface area (Å²) in [5.74, 6) is -0.999. The maximum absolute atomic E-state index is 10.6. The van der Waals surface area contributed by atoms with Crippen LogP contribution < -0.4 is 0 Å². The van der Waals surface area contributed by atoms with Gasteiger partial charge < -0.3 is 9.67 Å². The zero-order chi connectivity index (χ0) is 8.72. The van der Waals surface area contributed by atoms with Crippen molar-refractivity contribution in [1.29, 1.82) is 0 Å². The number of carbonyl (C=O) groups is 1. The average molecular weight is 183 g/mol. The lowest BCUT2D eigenvalue weighted by atomic mass is 10.6. The zero-order valence-corrected chi connectivity index (χ0v) is 7.00. The van der Waals surface area contributed by atoms with Crippen molar-refractivity contribution in [2.75, 3.05) is 0 Å². The van der Waals surface area contributed by atoms with Crippen LogP contribution in [0.1, 0.15) is 10.6 Å². The Morgan fingerprint density at radius 3 is 3.08 bits per heavy atom. The van der Waals surface area contributed by atoms with Gasteiger partial charge in [0.2, 0.25) is 5.82 Å². The molecular formula is C6H5N3O2S. The highest BCUT2D eigenvalue weighted by molar-refractivity contribution is 7.04. The third-order valence-electron chi connectivity index (χ3n) is 1.59. The summed E-state index contributed by atoms with van der Waals surface area (Å²) in [6.45, 7) is 0. The molecule has 2 aromatic rings. The molecule has 0 atom stereocenters. The van der Waals surface area contributed by atoms with Crippen molar-refractivity contribution in [2.24, 2.45) is 7.05 Å². The monoisotopic (exact) mass is 183 g/mol. The maximum atomic E-state index is 10.6. The first-order valence-electron chi connectivity index (χ1n) is 3.20. The quantitative estimate of drug-likeness (QED) is 0.707. The summed E-state index contributed by atoms with van der Waals surface area (Å²) >= 11 is 1.27. The number of imidazole rings is 1. The van der Waals surface area contributed by atoms with Crippen LogP contribution in [-0.4, -0.2) is 25.0 Å². The molecule has 0 spiro atoms. The summed E-state index contributed by atoms with van der Waals surface area (Å²) < 4.78 is 5.47. The number of nitrogens with zero attached hydrogens (tertiary/aromatic N) is 3. The molecule has 0 aliphatic carbocycles. The van der Waals surface area contributed by atoms with Crippen LogP contribution in [0.3, 0.4) is 0 Å². The van der Waals surface area contributed by atoms with Crippen LogP contribution in [0.5, 0.6) is 0 Å². The minimum atomic E-state index is -1.03. The van der Waals surface area contributed by atoms with Crippen LogP contribution in [0.2, 0.25) is 0 Å². The number of carboxylic acids is 1. The predicted molar refractivity (Wildman–Crippen MR) is 43.3 cm³/mol. The van der Waals surface area contributed by atoms with Gasteiger partial charge in [0.1, 0.15) is 5.52 Å². The Morgan fingerprint density at radius 2 is 2.50 bits per heavy atom. The summed E-state index contributed by atoms with van der Waals surface area (Å²) in [4.78, 5) is 14.5. The number of carboxylic acid groups (broad SMARTS) is 1. The number of fused-ring (bicyclic) bond motifs is 1. The summed E-state index contributed by atoms with van der Waals surface area (Å²) in [5, 5.41) is 10.4. The van der Waals surface area contributed by atoms with Crippen LogP contribution in [0.15, 0.2) is 5.38 Å². The van der Waals surface area contributed by atoms with Crippen LogP contribution in [-0.2, 0) is 7.05 Å². The van der Waals surface area contributed by atoms with E-state index in [2.05, 4.69) is 9.36 Å². The molecule has 0 aromatic carbocycles. The average Bonchev–Trinajstić information content (AvgIpc) is 2.53. The van der Waals surface area contributed by atoms with E-state index in [1.165, 1.54) is 16.1 Å². The Balaban J connectivity index is 2.78. The SMILES string of the molecule is Cn1c(C(=O)O)nc2csnc21. The van der Waals surface area contributed by atoms with E-state index in [-0.39, 0.29) is 5.82 Å². The molecule has 0 saturated carbocycles. The standard InChI is InChI=1S/C6H5N3O2S/c1-9-4-3(2-12-8-4)7-5(9)6(10)11/h2H,1H3,(H,10,11). The topological polar surface area (TPSA) is 68.0 Å². The van der Waals surface area contributed by atoms with Crippen molar-refractivity contribution in [1.82, 2.24) is 13.9 Å². The normalized spacial score (nSPS) is 10.8. The molecule has 0 aliphatic rings. The van der Waals surface area contributed by atoms with Gasteiger partial charge in [0.15, 0.2) is 5.65 Å². The van der Waals surface area contributed by atoms with Gasteiger partial charge in [-0.25, -0.2) is 9.78 Å². The van der Waals surface area contributed by atoms with Gasteiger partial charge in [-0.3, -0.25) is 0 Å². The molecule has 0 amide bonds. The van der Waals surface area contributed by atoms with Gasteiger partial charge in [0.25, 0.3) is 0 Å². The van der Waals surface area contributed by atoms with E-state index in [0.29, 0.717) is 11.2 Å². The molecule has 2 heterocycles. The maximum Gasteiger partial charge on any atom is 0.372 e. The van der Waals surface area contributed by atoms with E-state index in [9.17, 15) is 4.79 Å². The molecule has 0 aliphatic heterocycles. The first-order chi connectivity index (χ1) is 5.70. The molecule has 0 unspecified atom stereocenters. The first-order valence-corrected chi connectivity index (χ1v) is 4.04. The minimum Gasteiger partial charge on any atom is -0.475 e. The fourth-order valence-corrected chi connectivity index (χ4v) is 1.64. The van der Waals surface area contributed by atoms with E-state index in [4.69, 9.17) is 5.11 Å². The minimum absolute atomic E-state index is 0.0281. The Morgan fingerprint density at radius 1 is 1.75 bits per heavy atom. The Hall–Kier alpha value is -1.43. The number of hydrogen-bond acceptors (Lipinski definition) is 4. The van der Waals surface area contributed by atoms with Crippen LogP contribution in [0.4, 0.5) is 0 Å². The first kappa shape index (κ1) is 7.23. The van der Waals surface area contributed by atoms with Gasteiger partial charge in [-0.15, -0.1) is 0 Å². The molecule has 0 radical (unpaired) electrons. The molecule has 12 heavy (non-hydrogen) atoms. The van der Waals surface area contributed by atoms with Crippen molar-refractivity contribution in [3.63, 3.8) is 0 Å². The Kier molecular flexibility index (Phi) is 1.37. The lowest BCUT2D eigenvalue weighted by Gasteiger charge is -1.92. The van der Waals surface area contributed by atoms with Gasteiger partial charge in [0, 0.05) is 12.4 Å². The second-order valence-electron chi connectivity index (χ2n) is 2.32. The van der Waals surface area contributed by atoms with Gasteiger partial charge in [-0.05, 0) is 11.5 Å². The molecule has 6 heteroatoms. The van der Waals surface area contributed by atoms with Crippen molar-refractivity contribution >= 4 is 28.7 Å². The van der Waals surface area contributed by atoms with Gasteiger partial charge >= 0.3 is 5.97 Å². The largest absolute Gasteiger partial charge is 0.475 e. The predicted octanol–water partition coefficient (Wildman–Crippen LogP) is 0.728. The molecule has 2 aromatic heterocycles. The van der Waals surface area contributed by atoms with Gasteiger partial charge in [-0.2, -0.15) is 4.37 Å². The molecular weight excluding hydrogens is 178 g/mol. The lowest BCUT2D eigenvalue weighted by Crippen LogP contribution is -2.05. The Bertz CT molecular complexity index is 445. The van der Waals surface area contributed by atoms with E-state index in [1.807, 2.05) is 0 Å². The molecule has 0 fully saturated rings. The van der Waals surface area contributed by atoms with Gasteiger partial charge in [-0.1, -0.05) is 0 Å². The van der Waals surface area contributed by atoms with E-state index in [0.717, 1.165) is 0 Å². The highest BCUT2D eigenvalue weighted by atomic mass is 32.1. The summed E-state index contributed by atoms with van der Waals surface area (Å²) in [6.07, 6.45) is 0. The van der Waals surface area contributed by atoms with Gasteiger partial charge in [0.05, 0.1) is 0 Å². The summed E-state index contributed by atoms with van der Waals surface area (Å²) in [5.41, 5.74) is 1.26. The fourth-order valence-electron chi connectivity index (χ4n) is 1.02. The zero-order valence-electron chi connectivity index (χ0n) is 6.18. The number of aromatic carboxylic acids is 1. The summed E-state index contributed by atoms with van der Waals surface area (Å²) in [7, 11) is 1.64. The highest BCUT2D eigenvalue weighted by Gasteiger charge is 2.14. The molecule has 0 saturated heterocycles. The van der Waals surface area contributed by atoms with Crippen molar-refractivity contribution in [3.05, 3.63) is 11.2 Å². The van der Waals surface area contributed by atoms with Crippen LogP contribution >= 0.6 is 11.5 Å². The number of aromatic nitrogens is 3. The third-order valence-corrected chi connectivity index (χ3v) is 2.19. The third kappa shape index (κ3) is 0.814. The molecule has 5 nitrogen and oxygen atoms in total. The lowest BCUT2D eigenvalue weighted by molar-refractivity contribution is 0.0680. The number of rotatable bonds is 1. The second-order valence-corrected chi connectivity index (χ2v) is 2.95. The number of aryl methyl sites for hydroxylation is 1. The van der Waals surface area contributed by atoms with E-state index in [1.54, 1.807) is 12.4 Å². The second kappa shape index (κ2) is 2.28. The van der Waals surface area contributed by atoms with Crippen molar-refractivity contribution in [2.45, 2.75) is 0 Å². The highest BCUT2D eigenvalue weighted by Crippen LogP contribution is 2.14. The van der Waals surface area contributed by atoms with E-state index < -0.39 is 5.97 Å². The summed E-state index contributed by atoms with van der Waals surface area (Å²) in [6, 6.07) is 0. The van der Waals surface area contributed by atoms with Crippen LogP contribution in [0, 0.1) is 0 Å². The molecule has 0 bridgehead atoms. The van der Waals surface area contributed by atoms with Crippen LogP contribution in [0.25, 0.3) is 11.2 Å². The molecule has 1 N–H and O–H groups in total. The fraction of sp³-hybridized carbons (Fsp3) is 0.167. The Labute approximate surface area is 71.4 Å². The smallest absolute Gasteiger partial charge is 0.372 e.